The van der Waals surface area contributed by atoms with E-state index in [2.05, 4.69) is 37.3 Å². The molecule has 0 unspecified atom stereocenters. The Kier molecular flexibility index (Phi) is 5.95. The average molecular weight is 342 g/mol. The number of benzene rings is 2. The molecule has 0 bridgehead atoms. The van der Waals surface area contributed by atoms with Crippen molar-refractivity contribution in [3.05, 3.63) is 59.2 Å². The first kappa shape index (κ1) is 17.8. The molecule has 1 aliphatic heterocycles. The summed E-state index contributed by atoms with van der Waals surface area (Å²) in [5.41, 5.74) is 4.16. The van der Waals surface area contributed by atoms with Crippen molar-refractivity contribution in [2.24, 2.45) is 0 Å². The van der Waals surface area contributed by atoms with Gasteiger partial charge in [-0.25, -0.2) is 0 Å². The first-order valence-electron chi connectivity index (χ1n) is 9.12. The Morgan fingerprint density at radius 2 is 1.44 bits per heavy atom. The van der Waals surface area contributed by atoms with Crippen LogP contribution in [0.5, 0.6) is 11.5 Å². The van der Waals surface area contributed by atoms with Gasteiger partial charge in [-0.05, 0) is 24.6 Å². The van der Waals surface area contributed by atoms with E-state index in [0.29, 0.717) is 0 Å². The van der Waals surface area contributed by atoms with Crippen molar-refractivity contribution in [2.75, 3.05) is 40.4 Å². The van der Waals surface area contributed by atoms with Crippen LogP contribution in [0, 0.1) is 6.92 Å². The van der Waals surface area contributed by atoms with E-state index in [9.17, 15) is 0 Å². The van der Waals surface area contributed by atoms with Crippen molar-refractivity contribution in [3.63, 3.8) is 0 Å². The lowest BCUT2D eigenvalue weighted by Crippen LogP contribution is -3.27. The SMILES string of the molecule is COc1ccc(C[NH+]2CC[NH+](Cc3ccccc3C)CC2)c(OC)c1. The lowest BCUT2D eigenvalue weighted by Gasteiger charge is -2.30. The second-order valence-corrected chi connectivity index (χ2v) is 6.96. The normalized spacial score (nSPS) is 20.3. The minimum Gasteiger partial charge on any atom is -0.497 e. The molecule has 134 valence electrons. The number of ether oxygens (including phenoxy) is 2. The van der Waals surface area contributed by atoms with Crippen LogP contribution >= 0.6 is 0 Å². The number of piperazine rings is 1. The van der Waals surface area contributed by atoms with Crippen molar-refractivity contribution in [1.29, 1.82) is 0 Å². The molecule has 0 radical (unpaired) electrons. The quantitative estimate of drug-likeness (QED) is 0.800. The Balaban J connectivity index is 1.55. The van der Waals surface area contributed by atoms with Gasteiger partial charge in [-0.1, -0.05) is 24.3 Å². The molecule has 1 saturated heterocycles. The molecule has 2 N–H and O–H groups in total. The van der Waals surface area contributed by atoms with Crippen LogP contribution in [0.3, 0.4) is 0 Å². The Morgan fingerprint density at radius 3 is 2.04 bits per heavy atom. The monoisotopic (exact) mass is 342 g/mol. The van der Waals surface area contributed by atoms with Crippen LogP contribution < -0.4 is 19.3 Å². The zero-order chi connectivity index (χ0) is 17.6. The van der Waals surface area contributed by atoms with Crippen LogP contribution in [0.1, 0.15) is 16.7 Å². The molecular formula is C21H30N2O2+2. The van der Waals surface area contributed by atoms with E-state index in [0.717, 1.165) is 24.6 Å². The predicted molar refractivity (Wildman–Crippen MR) is 99.5 cm³/mol. The van der Waals surface area contributed by atoms with E-state index in [1.54, 1.807) is 24.0 Å². The number of quaternary nitrogens is 2. The summed E-state index contributed by atoms with van der Waals surface area (Å²) < 4.78 is 10.8. The van der Waals surface area contributed by atoms with Crippen LogP contribution in [0.25, 0.3) is 0 Å². The maximum absolute atomic E-state index is 5.54. The summed E-state index contributed by atoms with van der Waals surface area (Å²) in [4.78, 5) is 3.33. The largest absolute Gasteiger partial charge is 0.497 e. The molecule has 0 saturated carbocycles. The molecule has 2 aromatic rings. The van der Waals surface area contributed by atoms with Crippen molar-refractivity contribution in [2.45, 2.75) is 20.0 Å². The summed E-state index contributed by atoms with van der Waals surface area (Å²) in [7, 11) is 3.42. The topological polar surface area (TPSA) is 27.3 Å². The highest BCUT2D eigenvalue weighted by Gasteiger charge is 2.24. The molecule has 4 nitrogen and oxygen atoms in total. The molecule has 0 atom stereocenters. The summed E-state index contributed by atoms with van der Waals surface area (Å²) in [5.74, 6) is 1.78. The molecule has 25 heavy (non-hydrogen) atoms. The fraction of sp³-hybridized carbons (Fsp3) is 0.429. The van der Waals surface area contributed by atoms with Gasteiger partial charge < -0.3 is 19.3 Å². The minimum atomic E-state index is 0.850. The van der Waals surface area contributed by atoms with Crippen LogP contribution in [-0.2, 0) is 13.1 Å². The smallest absolute Gasteiger partial charge is 0.131 e. The first-order chi connectivity index (χ1) is 12.2. The lowest BCUT2D eigenvalue weighted by atomic mass is 10.1. The summed E-state index contributed by atoms with van der Waals surface area (Å²) in [6, 6.07) is 14.9. The molecule has 0 spiro atoms. The van der Waals surface area contributed by atoms with E-state index in [1.807, 2.05) is 12.1 Å². The maximum atomic E-state index is 5.54. The Hall–Kier alpha value is -2.04. The first-order valence-corrected chi connectivity index (χ1v) is 9.12. The van der Waals surface area contributed by atoms with Gasteiger partial charge in [0.05, 0.1) is 14.2 Å². The molecule has 3 rings (SSSR count). The molecular weight excluding hydrogens is 312 g/mol. The van der Waals surface area contributed by atoms with E-state index in [1.165, 1.54) is 42.9 Å². The van der Waals surface area contributed by atoms with Gasteiger partial charge in [0, 0.05) is 17.2 Å². The summed E-state index contributed by atoms with van der Waals surface area (Å²) in [5, 5.41) is 0. The third-order valence-electron chi connectivity index (χ3n) is 5.30. The Labute approximate surface area is 151 Å². The number of rotatable bonds is 6. The number of hydrogen-bond donors (Lipinski definition) is 2. The molecule has 1 fully saturated rings. The van der Waals surface area contributed by atoms with Crippen molar-refractivity contribution < 1.29 is 19.3 Å². The highest BCUT2D eigenvalue weighted by molar-refractivity contribution is 5.40. The Bertz CT molecular complexity index is 694. The predicted octanol–water partition coefficient (Wildman–Crippen LogP) is 0.496. The summed E-state index contributed by atoms with van der Waals surface area (Å²) in [6.07, 6.45) is 0. The molecule has 1 aliphatic rings. The molecule has 0 aromatic heterocycles. The number of methoxy groups -OCH3 is 2. The summed E-state index contributed by atoms with van der Waals surface area (Å²) >= 11 is 0. The van der Waals surface area contributed by atoms with E-state index < -0.39 is 0 Å². The van der Waals surface area contributed by atoms with Crippen molar-refractivity contribution in [1.82, 2.24) is 0 Å². The summed E-state index contributed by atoms with van der Waals surface area (Å²) in [6.45, 7) is 9.24. The fourth-order valence-corrected chi connectivity index (χ4v) is 3.66. The van der Waals surface area contributed by atoms with Gasteiger partial charge >= 0.3 is 0 Å². The molecule has 4 heteroatoms. The number of aryl methyl sites for hydroxylation is 1. The lowest BCUT2D eigenvalue weighted by molar-refractivity contribution is -1.02. The fourth-order valence-electron chi connectivity index (χ4n) is 3.66. The van der Waals surface area contributed by atoms with Crippen LogP contribution in [-0.4, -0.2) is 40.4 Å². The van der Waals surface area contributed by atoms with Gasteiger partial charge in [0.15, 0.2) is 0 Å². The van der Waals surface area contributed by atoms with Gasteiger partial charge in [0.2, 0.25) is 0 Å². The maximum Gasteiger partial charge on any atom is 0.131 e. The second kappa shape index (κ2) is 8.37. The molecule has 0 amide bonds. The van der Waals surface area contributed by atoms with Crippen LogP contribution in [0.2, 0.25) is 0 Å². The van der Waals surface area contributed by atoms with Gasteiger partial charge in [0.1, 0.15) is 50.8 Å². The van der Waals surface area contributed by atoms with Crippen molar-refractivity contribution >= 4 is 0 Å². The van der Waals surface area contributed by atoms with Crippen LogP contribution in [0.4, 0.5) is 0 Å². The molecule has 2 aromatic carbocycles. The van der Waals surface area contributed by atoms with Gasteiger partial charge in [-0.2, -0.15) is 0 Å². The highest BCUT2D eigenvalue weighted by Crippen LogP contribution is 2.23. The third kappa shape index (κ3) is 4.53. The zero-order valence-corrected chi connectivity index (χ0v) is 15.6. The van der Waals surface area contributed by atoms with E-state index in [4.69, 9.17) is 9.47 Å². The van der Waals surface area contributed by atoms with Gasteiger partial charge in [-0.3, -0.25) is 0 Å². The third-order valence-corrected chi connectivity index (χ3v) is 5.30. The van der Waals surface area contributed by atoms with Crippen molar-refractivity contribution in [3.8, 4) is 11.5 Å². The molecule has 0 aliphatic carbocycles. The average Bonchev–Trinajstić information content (AvgIpc) is 2.65. The highest BCUT2D eigenvalue weighted by atomic mass is 16.5. The van der Waals surface area contributed by atoms with Crippen LogP contribution in [0.15, 0.2) is 42.5 Å². The standard InChI is InChI=1S/C21H28N2O2/c1-17-6-4-5-7-18(17)15-22-10-12-23(13-11-22)16-19-8-9-20(24-2)14-21(19)25-3/h4-9,14H,10-13,15-16H2,1-3H3/p+2. The molecule has 1 heterocycles. The number of hydrogen-bond acceptors (Lipinski definition) is 2. The second-order valence-electron chi connectivity index (χ2n) is 6.96. The number of nitrogens with one attached hydrogen (secondary N) is 2. The zero-order valence-electron chi connectivity index (χ0n) is 15.6. The van der Waals surface area contributed by atoms with Gasteiger partial charge in [0.25, 0.3) is 0 Å². The Morgan fingerprint density at radius 1 is 0.800 bits per heavy atom. The minimum absolute atomic E-state index is 0.850. The van der Waals surface area contributed by atoms with E-state index >= 15 is 0 Å². The van der Waals surface area contributed by atoms with E-state index in [-0.39, 0.29) is 0 Å². The van der Waals surface area contributed by atoms with Gasteiger partial charge in [-0.15, -0.1) is 0 Å².